The molecule has 0 saturated carbocycles. The van der Waals surface area contributed by atoms with Crippen molar-refractivity contribution in [2.24, 2.45) is 5.84 Å². The van der Waals surface area contributed by atoms with Crippen molar-refractivity contribution in [1.29, 1.82) is 0 Å². The predicted molar refractivity (Wildman–Crippen MR) is 69.3 cm³/mol. The fourth-order valence-electron chi connectivity index (χ4n) is 2.13. The molecule has 0 amide bonds. The minimum atomic E-state index is -3.50. The van der Waals surface area contributed by atoms with E-state index in [0.717, 1.165) is 25.7 Å². The Morgan fingerprint density at radius 3 is 2.50 bits per heavy atom. The molecule has 1 aromatic heterocycles. The van der Waals surface area contributed by atoms with Crippen LogP contribution in [0, 0.1) is 0 Å². The van der Waals surface area contributed by atoms with Crippen LogP contribution in [0.15, 0.2) is 23.2 Å². The number of nitrogen functional groups attached to an aromatic ring is 1. The number of rotatable bonds is 3. The number of hydrogen-bond acceptors (Lipinski definition) is 5. The van der Waals surface area contributed by atoms with E-state index in [4.69, 9.17) is 5.84 Å². The van der Waals surface area contributed by atoms with Gasteiger partial charge in [0.15, 0.2) is 5.82 Å². The molecule has 0 radical (unpaired) electrons. The molecule has 1 fully saturated rings. The van der Waals surface area contributed by atoms with E-state index in [0.29, 0.717) is 13.1 Å². The first-order chi connectivity index (χ1) is 8.66. The molecule has 0 aromatic carbocycles. The van der Waals surface area contributed by atoms with Gasteiger partial charge in [0, 0.05) is 19.3 Å². The number of aromatic nitrogens is 1. The molecule has 1 saturated heterocycles. The van der Waals surface area contributed by atoms with Crippen LogP contribution in [-0.4, -0.2) is 30.8 Å². The van der Waals surface area contributed by atoms with Gasteiger partial charge in [-0.25, -0.2) is 19.2 Å². The number of nitrogens with one attached hydrogen (secondary N) is 1. The molecule has 0 unspecified atom stereocenters. The van der Waals surface area contributed by atoms with Gasteiger partial charge < -0.3 is 5.43 Å². The molecule has 18 heavy (non-hydrogen) atoms. The fraction of sp³-hybridized carbons (Fsp3) is 0.545. The van der Waals surface area contributed by atoms with Gasteiger partial charge in [0.25, 0.3) is 0 Å². The average molecular weight is 270 g/mol. The Balaban J connectivity index is 2.34. The van der Waals surface area contributed by atoms with Crippen LogP contribution >= 0.6 is 0 Å². The molecular formula is C11H18N4O2S. The van der Waals surface area contributed by atoms with E-state index in [9.17, 15) is 8.42 Å². The monoisotopic (exact) mass is 270 g/mol. The summed E-state index contributed by atoms with van der Waals surface area (Å²) >= 11 is 0. The third kappa shape index (κ3) is 2.63. The highest BCUT2D eigenvalue weighted by molar-refractivity contribution is 7.89. The summed E-state index contributed by atoms with van der Waals surface area (Å²) < 4.78 is 26.5. The average Bonchev–Trinajstić information content (AvgIpc) is 2.68. The van der Waals surface area contributed by atoms with Gasteiger partial charge in [-0.15, -0.1) is 0 Å². The lowest BCUT2D eigenvalue weighted by atomic mass is 10.2. The molecule has 0 aliphatic carbocycles. The second kappa shape index (κ2) is 5.64. The lowest BCUT2D eigenvalue weighted by Gasteiger charge is -2.20. The molecule has 2 rings (SSSR count). The summed E-state index contributed by atoms with van der Waals surface area (Å²) in [6.07, 6.45) is 5.49. The highest BCUT2D eigenvalue weighted by Gasteiger charge is 2.27. The molecule has 7 heteroatoms. The Kier molecular flexibility index (Phi) is 4.15. The number of hydrogen-bond donors (Lipinski definition) is 2. The molecule has 0 bridgehead atoms. The largest absolute Gasteiger partial charge is 0.307 e. The summed E-state index contributed by atoms with van der Waals surface area (Å²) in [5.74, 6) is 5.51. The smallest absolute Gasteiger partial charge is 0.246 e. The van der Waals surface area contributed by atoms with E-state index >= 15 is 0 Å². The molecule has 0 spiro atoms. The summed E-state index contributed by atoms with van der Waals surface area (Å²) in [7, 11) is -3.50. The van der Waals surface area contributed by atoms with Crippen LogP contribution in [0.25, 0.3) is 0 Å². The minimum absolute atomic E-state index is 0.148. The Morgan fingerprint density at radius 2 is 1.89 bits per heavy atom. The lowest BCUT2D eigenvalue weighted by Crippen LogP contribution is -2.32. The first kappa shape index (κ1) is 13.3. The van der Waals surface area contributed by atoms with Crippen molar-refractivity contribution in [3.63, 3.8) is 0 Å². The van der Waals surface area contributed by atoms with Gasteiger partial charge in [0.05, 0.1) is 0 Å². The van der Waals surface area contributed by atoms with E-state index < -0.39 is 10.0 Å². The topological polar surface area (TPSA) is 88.3 Å². The minimum Gasteiger partial charge on any atom is -0.307 e. The number of sulfonamides is 1. The van der Waals surface area contributed by atoms with E-state index in [-0.39, 0.29) is 10.7 Å². The zero-order valence-electron chi connectivity index (χ0n) is 10.2. The van der Waals surface area contributed by atoms with Gasteiger partial charge >= 0.3 is 0 Å². The predicted octanol–water partition coefficient (Wildman–Crippen LogP) is 0.932. The number of nitrogens with two attached hydrogens (primary N) is 1. The van der Waals surface area contributed by atoms with Crippen molar-refractivity contribution < 1.29 is 8.42 Å². The van der Waals surface area contributed by atoms with Gasteiger partial charge in [-0.05, 0) is 25.0 Å². The van der Waals surface area contributed by atoms with Gasteiger partial charge in [-0.3, -0.25) is 0 Å². The number of hydrazine groups is 1. The molecule has 0 atom stereocenters. The normalized spacial score (nSPS) is 18.3. The van der Waals surface area contributed by atoms with Crippen LogP contribution in [-0.2, 0) is 10.0 Å². The fourth-order valence-corrected chi connectivity index (χ4v) is 3.75. The molecule has 1 aliphatic rings. The summed E-state index contributed by atoms with van der Waals surface area (Å²) in [5, 5.41) is 0. The van der Waals surface area contributed by atoms with Crippen LogP contribution < -0.4 is 11.3 Å². The van der Waals surface area contributed by atoms with E-state index in [1.54, 1.807) is 6.07 Å². The summed E-state index contributed by atoms with van der Waals surface area (Å²) in [6.45, 7) is 1.14. The van der Waals surface area contributed by atoms with Crippen LogP contribution in [0.1, 0.15) is 25.7 Å². The summed E-state index contributed by atoms with van der Waals surface area (Å²) in [5.41, 5.74) is 2.34. The molecular weight excluding hydrogens is 252 g/mol. The number of nitrogens with zero attached hydrogens (tertiary/aromatic N) is 2. The van der Waals surface area contributed by atoms with E-state index in [1.165, 1.54) is 16.6 Å². The zero-order valence-corrected chi connectivity index (χ0v) is 11.0. The standard InChI is InChI=1S/C11H18N4O2S/c12-14-11-10(6-5-7-13-11)18(16,17)15-8-3-1-2-4-9-15/h5-7H,1-4,8-9,12H2,(H,13,14). The van der Waals surface area contributed by atoms with Gasteiger partial charge in [-0.2, -0.15) is 4.31 Å². The second-order valence-corrected chi connectivity index (χ2v) is 6.22. The molecule has 1 aromatic rings. The first-order valence-corrected chi connectivity index (χ1v) is 7.52. The Hall–Kier alpha value is -1.18. The van der Waals surface area contributed by atoms with Gasteiger partial charge in [0.1, 0.15) is 4.90 Å². The Bertz CT molecular complexity index is 496. The third-order valence-electron chi connectivity index (χ3n) is 3.09. The van der Waals surface area contributed by atoms with Gasteiger partial charge in [0.2, 0.25) is 10.0 Å². The highest BCUT2D eigenvalue weighted by atomic mass is 32.2. The maximum absolute atomic E-state index is 12.5. The van der Waals surface area contributed by atoms with Gasteiger partial charge in [-0.1, -0.05) is 12.8 Å². The zero-order chi connectivity index (χ0) is 13.0. The van der Waals surface area contributed by atoms with E-state index in [2.05, 4.69) is 10.4 Å². The second-order valence-electron chi connectivity index (χ2n) is 4.31. The molecule has 2 heterocycles. The van der Waals surface area contributed by atoms with Crippen molar-refractivity contribution in [3.8, 4) is 0 Å². The summed E-state index contributed by atoms with van der Waals surface area (Å²) in [4.78, 5) is 4.09. The quantitative estimate of drug-likeness (QED) is 0.630. The number of anilines is 1. The van der Waals surface area contributed by atoms with Crippen molar-refractivity contribution in [2.45, 2.75) is 30.6 Å². The van der Waals surface area contributed by atoms with Crippen LogP contribution in [0.2, 0.25) is 0 Å². The van der Waals surface area contributed by atoms with Crippen molar-refractivity contribution in [3.05, 3.63) is 18.3 Å². The van der Waals surface area contributed by atoms with Crippen LogP contribution in [0.4, 0.5) is 5.82 Å². The van der Waals surface area contributed by atoms with Crippen LogP contribution in [0.5, 0.6) is 0 Å². The molecule has 3 N–H and O–H groups in total. The maximum Gasteiger partial charge on any atom is 0.246 e. The number of pyridine rings is 1. The Morgan fingerprint density at radius 1 is 1.22 bits per heavy atom. The van der Waals surface area contributed by atoms with E-state index in [1.807, 2.05) is 0 Å². The Labute approximate surface area is 107 Å². The molecule has 6 nitrogen and oxygen atoms in total. The van der Waals surface area contributed by atoms with Crippen LogP contribution in [0.3, 0.4) is 0 Å². The van der Waals surface area contributed by atoms with Crippen molar-refractivity contribution in [2.75, 3.05) is 18.5 Å². The maximum atomic E-state index is 12.5. The summed E-state index contributed by atoms with van der Waals surface area (Å²) in [6, 6.07) is 3.13. The highest BCUT2D eigenvalue weighted by Crippen LogP contribution is 2.24. The SMILES string of the molecule is NNc1ncccc1S(=O)(=O)N1CCCCCC1. The first-order valence-electron chi connectivity index (χ1n) is 6.08. The van der Waals surface area contributed by atoms with Crippen molar-refractivity contribution in [1.82, 2.24) is 9.29 Å². The third-order valence-corrected chi connectivity index (χ3v) is 5.02. The molecule has 1 aliphatic heterocycles. The molecule has 100 valence electrons. The van der Waals surface area contributed by atoms with Crippen molar-refractivity contribution >= 4 is 15.8 Å². The lowest BCUT2D eigenvalue weighted by molar-refractivity contribution is 0.424.